The highest BCUT2D eigenvalue weighted by atomic mass is 32.2. The number of amides is 2. The fourth-order valence-electron chi connectivity index (χ4n) is 5.67. The van der Waals surface area contributed by atoms with Crippen LogP contribution in [0.5, 0.6) is 0 Å². The highest BCUT2D eigenvalue weighted by Gasteiger charge is 2.24. The number of thioether (sulfide) groups is 2. The maximum absolute atomic E-state index is 12.1. The molecule has 2 aromatic heterocycles. The zero-order chi connectivity index (χ0) is 30.2. The van der Waals surface area contributed by atoms with Gasteiger partial charge in [-0.1, -0.05) is 72.6 Å². The van der Waals surface area contributed by atoms with Crippen LogP contribution in [0.15, 0.2) is 34.6 Å². The van der Waals surface area contributed by atoms with Gasteiger partial charge in [0.1, 0.15) is 0 Å². The first-order valence-corrected chi connectivity index (χ1v) is 17.2. The second-order valence-electron chi connectivity index (χ2n) is 11.3. The first-order valence-electron chi connectivity index (χ1n) is 15.2. The van der Waals surface area contributed by atoms with E-state index in [1.807, 2.05) is 41.0 Å². The third-order valence-electron chi connectivity index (χ3n) is 8.20. The molecule has 6 rings (SSSR count). The van der Waals surface area contributed by atoms with Crippen molar-refractivity contribution in [1.29, 1.82) is 0 Å². The molecule has 2 amide bonds. The molecule has 4 N–H and O–H groups in total. The Morgan fingerprint density at radius 3 is 1.79 bits per heavy atom. The monoisotopic (exact) mass is 626 g/mol. The van der Waals surface area contributed by atoms with Crippen LogP contribution in [0.25, 0.3) is 11.4 Å². The molecule has 0 bridgehead atoms. The van der Waals surface area contributed by atoms with Crippen LogP contribution < -0.4 is 11.7 Å². The molecule has 232 valence electrons. The lowest BCUT2D eigenvalue weighted by molar-refractivity contribution is -0.128. The lowest BCUT2D eigenvalue weighted by atomic mass is 9.89. The third kappa shape index (κ3) is 8.02. The van der Waals surface area contributed by atoms with Crippen molar-refractivity contribution >= 4 is 35.3 Å². The summed E-state index contributed by atoms with van der Waals surface area (Å²) in [5.41, 5.74) is 2.09. The first-order chi connectivity index (χ1) is 20.9. The Morgan fingerprint density at radius 2 is 1.23 bits per heavy atom. The van der Waals surface area contributed by atoms with Crippen molar-refractivity contribution in [3.8, 4) is 11.4 Å². The molecule has 0 atom stereocenters. The van der Waals surface area contributed by atoms with E-state index in [-0.39, 0.29) is 11.8 Å². The number of nitrogens with two attached hydrogens (primary N) is 2. The minimum absolute atomic E-state index is 0.141. The van der Waals surface area contributed by atoms with E-state index in [2.05, 4.69) is 20.4 Å². The van der Waals surface area contributed by atoms with Crippen LogP contribution in [0.4, 0.5) is 0 Å². The molecular weight excluding hydrogens is 585 g/mol. The van der Waals surface area contributed by atoms with Gasteiger partial charge in [-0.15, -0.1) is 20.4 Å². The topological polar surface area (TPSA) is 154 Å². The Kier molecular flexibility index (Phi) is 10.8. The van der Waals surface area contributed by atoms with Gasteiger partial charge in [0.2, 0.25) is 22.1 Å². The molecule has 4 heterocycles. The second-order valence-corrected chi connectivity index (χ2v) is 13.2. The molecule has 3 aromatic rings. The third-order valence-corrected chi connectivity index (χ3v) is 10.1. The minimum Gasteiger partial charge on any atom is -0.342 e. The van der Waals surface area contributed by atoms with Gasteiger partial charge in [-0.25, -0.2) is 9.35 Å². The lowest BCUT2D eigenvalue weighted by Crippen LogP contribution is -2.29. The summed E-state index contributed by atoms with van der Waals surface area (Å²) in [6, 6.07) is 7.94. The summed E-state index contributed by atoms with van der Waals surface area (Å²) in [6.45, 7) is 5.54. The Balaban J connectivity index is 0.000000171. The zero-order valence-electron chi connectivity index (χ0n) is 24.9. The normalized spacial score (nSPS) is 17.2. The molecular formula is C29H42N10O2S2. The quantitative estimate of drug-likeness (QED) is 0.281. The number of nitrogen functional groups attached to an aromatic ring is 2. The summed E-state index contributed by atoms with van der Waals surface area (Å²) in [5, 5.41) is 17.9. The van der Waals surface area contributed by atoms with Gasteiger partial charge in [-0.05, 0) is 45.4 Å². The molecule has 12 nitrogen and oxygen atoms in total. The number of benzene rings is 1. The summed E-state index contributed by atoms with van der Waals surface area (Å²) in [5.74, 6) is 15.2. The average Bonchev–Trinajstić information content (AvgIpc) is 3.85. The van der Waals surface area contributed by atoms with Gasteiger partial charge >= 0.3 is 0 Å². The Hall–Kier alpha value is -3.26. The Bertz CT molecular complexity index is 1360. The van der Waals surface area contributed by atoms with Crippen LogP contribution in [0.2, 0.25) is 0 Å². The predicted molar refractivity (Wildman–Crippen MR) is 169 cm³/mol. The molecule has 0 spiro atoms. The van der Waals surface area contributed by atoms with Crippen molar-refractivity contribution in [2.45, 2.75) is 80.9 Å². The summed E-state index contributed by atoms with van der Waals surface area (Å²) < 4.78 is 3.05. The van der Waals surface area contributed by atoms with Crippen LogP contribution in [0.3, 0.4) is 0 Å². The maximum atomic E-state index is 12.1. The molecule has 0 radical (unpaired) electrons. The number of carbonyl (C=O) groups excluding carboxylic acids is 2. The van der Waals surface area contributed by atoms with Crippen LogP contribution in [0, 0.1) is 6.92 Å². The molecule has 3 fully saturated rings. The van der Waals surface area contributed by atoms with Gasteiger partial charge in [0.05, 0.1) is 11.5 Å². The Morgan fingerprint density at radius 1 is 0.721 bits per heavy atom. The van der Waals surface area contributed by atoms with E-state index < -0.39 is 0 Å². The van der Waals surface area contributed by atoms with Crippen LogP contribution in [-0.2, 0) is 9.59 Å². The number of nitrogens with zero attached hydrogens (tertiary/aromatic N) is 8. The van der Waals surface area contributed by atoms with Crippen LogP contribution >= 0.6 is 23.5 Å². The molecule has 2 saturated heterocycles. The van der Waals surface area contributed by atoms with Gasteiger partial charge in [0, 0.05) is 37.7 Å². The van der Waals surface area contributed by atoms with Gasteiger partial charge in [-0.3, -0.25) is 9.59 Å². The van der Waals surface area contributed by atoms with Gasteiger partial charge < -0.3 is 21.5 Å². The van der Waals surface area contributed by atoms with Gasteiger partial charge in [-0.2, -0.15) is 0 Å². The number of carbonyl (C=O) groups is 2. The van der Waals surface area contributed by atoms with E-state index in [9.17, 15) is 9.59 Å². The largest absolute Gasteiger partial charge is 0.342 e. The van der Waals surface area contributed by atoms with Crippen molar-refractivity contribution in [2.75, 3.05) is 49.4 Å². The molecule has 1 aliphatic carbocycles. The van der Waals surface area contributed by atoms with Crippen molar-refractivity contribution in [1.82, 2.24) is 39.5 Å². The zero-order valence-corrected chi connectivity index (χ0v) is 26.5. The SMILES string of the molecule is Cc1ccc(-c2nnc(SCC(=O)N3CCCC3)n2N)cc1.Nn1c(SCC(=O)N2CCCC2)nnc1C1CCCCC1. The first kappa shape index (κ1) is 31.2. The molecule has 2 aliphatic heterocycles. The number of hydrogen-bond acceptors (Lipinski definition) is 10. The van der Waals surface area contributed by atoms with Crippen molar-refractivity contribution < 1.29 is 9.59 Å². The minimum atomic E-state index is 0.141. The number of hydrogen-bond donors (Lipinski definition) is 2. The van der Waals surface area contributed by atoms with Crippen molar-refractivity contribution in [3.63, 3.8) is 0 Å². The molecule has 0 unspecified atom stereocenters. The standard InChI is InChI=1S/C15H19N5OS.C14H23N5OS/c1-11-4-6-12(7-5-11)14-17-18-15(20(14)16)22-10-13(21)19-8-2-3-9-19;15-19-13(11-6-2-1-3-7-11)16-17-14(19)21-10-12(20)18-8-4-5-9-18/h4-7H,2-3,8-10,16H2,1H3;11H,1-10,15H2. The summed E-state index contributed by atoms with van der Waals surface area (Å²) >= 11 is 2.73. The van der Waals surface area contributed by atoms with E-state index in [4.69, 9.17) is 11.7 Å². The van der Waals surface area contributed by atoms with E-state index >= 15 is 0 Å². The lowest BCUT2D eigenvalue weighted by Gasteiger charge is -2.20. The highest BCUT2D eigenvalue weighted by molar-refractivity contribution is 8.00. The maximum Gasteiger partial charge on any atom is 0.233 e. The fourth-order valence-corrected chi connectivity index (χ4v) is 7.19. The molecule has 3 aliphatic rings. The molecule has 1 aromatic carbocycles. The molecule has 43 heavy (non-hydrogen) atoms. The average molecular weight is 627 g/mol. The van der Waals surface area contributed by atoms with Crippen molar-refractivity contribution in [3.05, 3.63) is 35.7 Å². The van der Waals surface area contributed by atoms with Crippen LogP contribution in [0.1, 0.15) is 75.1 Å². The number of aromatic nitrogens is 6. The molecule has 1 saturated carbocycles. The van der Waals surface area contributed by atoms with Crippen molar-refractivity contribution in [2.24, 2.45) is 0 Å². The summed E-state index contributed by atoms with van der Waals surface area (Å²) in [4.78, 5) is 27.9. The number of likely N-dealkylation sites (tertiary alicyclic amines) is 2. The molecule has 14 heteroatoms. The van der Waals surface area contributed by atoms with E-state index in [1.165, 1.54) is 53.0 Å². The predicted octanol–water partition coefficient (Wildman–Crippen LogP) is 3.44. The summed E-state index contributed by atoms with van der Waals surface area (Å²) in [6.07, 6.45) is 10.5. The van der Waals surface area contributed by atoms with Gasteiger partial charge in [0.15, 0.2) is 11.6 Å². The van der Waals surface area contributed by atoms with Gasteiger partial charge in [0.25, 0.3) is 0 Å². The smallest absolute Gasteiger partial charge is 0.233 e. The summed E-state index contributed by atoms with van der Waals surface area (Å²) in [7, 11) is 0. The van der Waals surface area contributed by atoms with E-state index in [1.54, 1.807) is 4.68 Å². The van der Waals surface area contributed by atoms with E-state index in [0.29, 0.717) is 33.6 Å². The number of rotatable bonds is 8. The second kappa shape index (κ2) is 15.0. The number of aryl methyl sites for hydroxylation is 1. The van der Waals surface area contributed by atoms with Crippen LogP contribution in [-0.4, -0.2) is 89.0 Å². The highest BCUT2D eigenvalue weighted by Crippen LogP contribution is 2.32. The van der Waals surface area contributed by atoms with E-state index in [0.717, 1.165) is 76.1 Å². The Labute approximate surface area is 261 Å². The fraction of sp³-hybridized carbons (Fsp3) is 0.586.